The topological polar surface area (TPSA) is 52.6 Å². The molecule has 0 saturated carbocycles. The van der Waals surface area contributed by atoms with Crippen molar-refractivity contribution >= 4 is 18.0 Å². The molecule has 4 nitrogen and oxygen atoms in total. The Bertz CT molecular complexity index is 418. The fourth-order valence-electron chi connectivity index (χ4n) is 1.14. The molecule has 0 spiro atoms. The number of hydrogen-bond donors (Lipinski definition) is 0. The van der Waals surface area contributed by atoms with Crippen LogP contribution in [-0.4, -0.2) is 19.0 Å². The van der Waals surface area contributed by atoms with Gasteiger partial charge in [-0.15, -0.1) is 0 Å². The Morgan fingerprint density at radius 2 is 1.88 bits per heavy atom. The SMILES string of the molecule is COC(=O)/C=C/c1ccc(COC(C)=O)cc1. The third-order valence-electron chi connectivity index (χ3n) is 2.03. The molecule has 0 N–H and O–H groups in total. The van der Waals surface area contributed by atoms with Crippen molar-refractivity contribution in [2.45, 2.75) is 13.5 Å². The highest BCUT2D eigenvalue weighted by Gasteiger charge is 1.96. The number of carbonyl (C=O) groups is 2. The summed E-state index contributed by atoms with van der Waals surface area (Å²) < 4.78 is 9.33. The fourth-order valence-corrected chi connectivity index (χ4v) is 1.14. The summed E-state index contributed by atoms with van der Waals surface area (Å²) in [6.45, 7) is 1.63. The van der Waals surface area contributed by atoms with Crippen molar-refractivity contribution in [2.75, 3.05) is 7.11 Å². The van der Waals surface area contributed by atoms with Gasteiger partial charge < -0.3 is 9.47 Å². The summed E-state index contributed by atoms with van der Waals surface area (Å²) in [5, 5.41) is 0. The van der Waals surface area contributed by atoms with Crippen LogP contribution in [0.3, 0.4) is 0 Å². The Morgan fingerprint density at radius 1 is 1.24 bits per heavy atom. The lowest BCUT2D eigenvalue weighted by atomic mass is 10.1. The van der Waals surface area contributed by atoms with Crippen LogP contribution in [-0.2, 0) is 25.7 Å². The molecule has 4 heteroatoms. The second kappa shape index (κ2) is 6.48. The van der Waals surface area contributed by atoms with Crippen LogP contribution in [0.5, 0.6) is 0 Å². The lowest BCUT2D eigenvalue weighted by Crippen LogP contribution is -1.98. The molecule has 0 heterocycles. The molecule has 90 valence electrons. The highest BCUT2D eigenvalue weighted by atomic mass is 16.5. The van der Waals surface area contributed by atoms with Crippen LogP contribution in [0.15, 0.2) is 30.3 Å². The van der Waals surface area contributed by atoms with Gasteiger partial charge in [0.2, 0.25) is 0 Å². The molecule has 1 aromatic carbocycles. The van der Waals surface area contributed by atoms with Crippen LogP contribution in [0.2, 0.25) is 0 Å². The molecule has 0 atom stereocenters. The minimum atomic E-state index is -0.394. The van der Waals surface area contributed by atoms with Crippen molar-refractivity contribution < 1.29 is 19.1 Å². The van der Waals surface area contributed by atoms with Gasteiger partial charge in [0.05, 0.1) is 7.11 Å². The molecule has 0 amide bonds. The van der Waals surface area contributed by atoms with E-state index in [-0.39, 0.29) is 12.6 Å². The summed E-state index contributed by atoms with van der Waals surface area (Å²) in [5.74, 6) is -0.700. The molecular formula is C13H14O4. The van der Waals surface area contributed by atoms with Gasteiger partial charge in [-0.1, -0.05) is 24.3 Å². The standard InChI is InChI=1S/C13H14O4/c1-10(14)17-9-12-5-3-11(4-6-12)7-8-13(15)16-2/h3-8H,9H2,1-2H3/b8-7+. The van der Waals surface area contributed by atoms with E-state index < -0.39 is 5.97 Å². The number of hydrogen-bond acceptors (Lipinski definition) is 4. The predicted octanol–water partition coefficient (Wildman–Crippen LogP) is 1.94. The maximum absolute atomic E-state index is 10.9. The number of ether oxygens (including phenoxy) is 2. The van der Waals surface area contributed by atoms with Gasteiger partial charge in [0, 0.05) is 13.0 Å². The van der Waals surface area contributed by atoms with Crippen molar-refractivity contribution in [3.63, 3.8) is 0 Å². The van der Waals surface area contributed by atoms with E-state index in [0.717, 1.165) is 11.1 Å². The summed E-state index contributed by atoms with van der Waals surface area (Å²) in [6.07, 6.45) is 3.00. The van der Waals surface area contributed by atoms with Crippen LogP contribution < -0.4 is 0 Å². The lowest BCUT2D eigenvalue weighted by Gasteiger charge is -2.02. The van der Waals surface area contributed by atoms with Gasteiger partial charge >= 0.3 is 11.9 Å². The molecule has 0 radical (unpaired) electrons. The Kier molecular flexibility index (Phi) is 4.94. The van der Waals surface area contributed by atoms with Crippen LogP contribution in [0.4, 0.5) is 0 Å². The van der Waals surface area contributed by atoms with Gasteiger partial charge in [-0.3, -0.25) is 4.79 Å². The second-order valence-electron chi connectivity index (χ2n) is 3.38. The number of benzene rings is 1. The van der Waals surface area contributed by atoms with Crippen LogP contribution in [0, 0.1) is 0 Å². The normalized spacial score (nSPS) is 10.2. The molecule has 17 heavy (non-hydrogen) atoms. The third kappa shape index (κ3) is 4.97. The van der Waals surface area contributed by atoms with Gasteiger partial charge in [0.1, 0.15) is 6.61 Å². The predicted molar refractivity (Wildman–Crippen MR) is 63.0 cm³/mol. The minimum absolute atomic E-state index is 0.260. The van der Waals surface area contributed by atoms with E-state index >= 15 is 0 Å². The van der Waals surface area contributed by atoms with E-state index in [0.29, 0.717) is 0 Å². The van der Waals surface area contributed by atoms with Crippen LogP contribution >= 0.6 is 0 Å². The maximum atomic E-state index is 10.9. The van der Waals surface area contributed by atoms with E-state index in [1.54, 1.807) is 6.08 Å². The molecule has 0 aromatic heterocycles. The quantitative estimate of drug-likeness (QED) is 0.590. The zero-order valence-corrected chi connectivity index (χ0v) is 9.80. The number of rotatable bonds is 4. The van der Waals surface area contributed by atoms with Crippen LogP contribution in [0.1, 0.15) is 18.1 Å². The Balaban J connectivity index is 2.58. The molecule has 0 aliphatic carbocycles. The molecule has 1 aromatic rings. The summed E-state index contributed by atoms with van der Waals surface area (Å²) in [7, 11) is 1.33. The highest BCUT2D eigenvalue weighted by molar-refractivity contribution is 5.86. The molecule has 0 unspecified atom stereocenters. The Labute approximate surface area is 99.8 Å². The minimum Gasteiger partial charge on any atom is -0.466 e. The van der Waals surface area contributed by atoms with E-state index in [4.69, 9.17) is 4.74 Å². The lowest BCUT2D eigenvalue weighted by molar-refractivity contribution is -0.142. The molecule has 0 saturated heterocycles. The number of esters is 2. The summed E-state index contributed by atoms with van der Waals surface area (Å²) >= 11 is 0. The van der Waals surface area contributed by atoms with Crippen molar-refractivity contribution in [3.05, 3.63) is 41.5 Å². The first kappa shape index (κ1) is 13.0. The van der Waals surface area contributed by atoms with E-state index in [9.17, 15) is 9.59 Å². The first-order valence-corrected chi connectivity index (χ1v) is 5.10. The zero-order valence-electron chi connectivity index (χ0n) is 9.80. The van der Waals surface area contributed by atoms with Crippen molar-refractivity contribution in [2.24, 2.45) is 0 Å². The summed E-state index contributed by atoms with van der Waals surface area (Å²) in [4.78, 5) is 21.5. The van der Waals surface area contributed by atoms with Crippen LogP contribution in [0.25, 0.3) is 6.08 Å². The third-order valence-corrected chi connectivity index (χ3v) is 2.03. The number of carbonyl (C=O) groups excluding carboxylic acids is 2. The fraction of sp³-hybridized carbons (Fsp3) is 0.231. The van der Waals surface area contributed by atoms with Gasteiger partial charge in [0.25, 0.3) is 0 Å². The summed E-state index contributed by atoms with van der Waals surface area (Å²) in [6, 6.07) is 7.33. The van der Waals surface area contributed by atoms with Crippen molar-refractivity contribution in [1.82, 2.24) is 0 Å². The molecule has 0 bridgehead atoms. The maximum Gasteiger partial charge on any atom is 0.330 e. The summed E-state index contributed by atoms with van der Waals surface area (Å²) in [5.41, 5.74) is 1.78. The smallest absolute Gasteiger partial charge is 0.330 e. The molecule has 1 rings (SSSR count). The zero-order chi connectivity index (χ0) is 12.7. The van der Waals surface area contributed by atoms with E-state index in [2.05, 4.69) is 4.74 Å². The monoisotopic (exact) mass is 234 g/mol. The Morgan fingerprint density at radius 3 is 2.41 bits per heavy atom. The average molecular weight is 234 g/mol. The van der Waals surface area contributed by atoms with Gasteiger partial charge in [-0.25, -0.2) is 4.79 Å². The Hall–Kier alpha value is -2.10. The van der Waals surface area contributed by atoms with Gasteiger partial charge in [0.15, 0.2) is 0 Å². The van der Waals surface area contributed by atoms with Gasteiger partial charge in [-0.2, -0.15) is 0 Å². The van der Waals surface area contributed by atoms with Crippen molar-refractivity contribution in [3.8, 4) is 0 Å². The van der Waals surface area contributed by atoms with E-state index in [1.807, 2.05) is 24.3 Å². The first-order chi connectivity index (χ1) is 8.11. The number of methoxy groups -OCH3 is 1. The van der Waals surface area contributed by atoms with Gasteiger partial charge in [-0.05, 0) is 17.2 Å². The molecule has 0 fully saturated rings. The molecular weight excluding hydrogens is 220 g/mol. The second-order valence-corrected chi connectivity index (χ2v) is 3.38. The average Bonchev–Trinajstić information content (AvgIpc) is 2.34. The largest absolute Gasteiger partial charge is 0.466 e. The first-order valence-electron chi connectivity index (χ1n) is 5.10. The van der Waals surface area contributed by atoms with Crippen molar-refractivity contribution in [1.29, 1.82) is 0 Å². The molecule has 0 aliphatic heterocycles. The molecule has 0 aliphatic rings. The highest BCUT2D eigenvalue weighted by Crippen LogP contribution is 2.07. The van der Waals surface area contributed by atoms with E-state index in [1.165, 1.54) is 20.1 Å².